The van der Waals surface area contributed by atoms with E-state index in [0.29, 0.717) is 19.8 Å². The zero-order chi connectivity index (χ0) is 13.9. The molecule has 4 nitrogen and oxygen atoms in total. The van der Waals surface area contributed by atoms with E-state index in [1.165, 1.54) is 22.3 Å². The maximum absolute atomic E-state index is 11.7. The highest BCUT2D eigenvalue weighted by Crippen LogP contribution is 2.52. The molecule has 0 aliphatic carbocycles. The molecule has 19 heavy (non-hydrogen) atoms. The van der Waals surface area contributed by atoms with E-state index in [9.17, 15) is 4.57 Å². The van der Waals surface area contributed by atoms with Gasteiger partial charge in [-0.2, -0.15) is 0 Å². The average molecular weight is 284 g/mol. The summed E-state index contributed by atoms with van der Waals surface area (Å²) in [6.07, 6.45) is 1.71. The molecule has 0 saturated carbocycles. The van der Waals surface area contributed by atoms with E-state index >= 15 is 0 Å². The van der Waals surface area contributed by atoms with Gasteiger partial charge in [0.1, 0.15) is 0 Å². The first-order chi connectivity index (χ1) is 9.00. The molecule has 1 aromatic rings. The first-order valence-electron chi connectivity index (χ1n) is 6.60. The molecule has 5 heteroatoms. The first-order valence-corrected chi connectivity index (χ1v) is 8.07. The fourth-order valence-corrected chi connectivity index (χ4v) is 3.30. The number of rotatable bonds is 5. The molecule has 1 saturated heterocycles. The number of aryl methyl sites for hydroxylation is 3. The molecular weight excluding hydrogens is 263 g/mol. The summed E-state index contributed by atoms with van der Waals surface area (Å²) < 4.78 is 26.8. The van der Waals surface area contributed by atoms with E-state index < -0.39 is 7.82 Å². The van der Waals surface area contributed by atoms with Crippen LogP contribution in [0.1, 0.15) is 28.7 Å². The second-order valence-electron chi connectivity index (χ2n) is 4.91. The summed E-state index contributed by atoms with van der Waals surface area (Å²) in [7, 11) is -3.22. The van der Waals surface area contributed by atoms with Gasteiger partial charge in [-0.1, -0.05) is 12.1 Å². The lowest BCUT2D eigenvalue weighted by atomic mass is 9.98. The fraction of sp³-hybridized carbons (Fsp3) is 0.571. The molecule has 0 N–H and O–H groups in total. The summed E-state index contributed by atoms with van der Waals surface area (Å²) in [6, 6.07) is 4.40. The molecule has 1 heterocycles. The van der Waals surface area contributed by atoms with Crippen LogP contribution >= 0.6 is 7.82 Å². The Morgan fingerprint density at radius 1 is 1.16 bits per heavy atom. The normalized spacial score (nSPS) is 17.8. The predicted molar refractivity (Wildman–Crippen MR) is 74.4 cm³/mol. The molecule has 0 radical (unpaired) electrons. The molecule has 0 amide bonds. The molecule has 1 aromatic carbocycles. The van der Waals surface area contributed by atoms with Crippen molar-refractivity contribution in [1.29, 1.82) is 0 Å². The Bertz CT molecular complexity index is 465. The van der Waals surface area contributed by atoms with E-state index in [4.69, 9.17) is 13.6 Å². The minimum atomic E-state index is -3.22. The van der Waals surface area contributed by atoms with Gasteiger partial charge in [0.2, 0.25) is 0 Å². The highest BCUT2D eigenvalue weighted by Gasteiger charge is 2.31. The van der Waals surface area contributed by atoms with Crippen LogP contribution in [0, 0.1) is 20.8 Å². The van der Waals surface area contributed by atoms with E-state index in [1.807, 2.05) is 0 Å². The summed E-state index contributed by atoms with van der Waals surface area (Å²) in [5.41, 5.74) is 5.25. The van der Waals surface area contributed by atoms with Crippen molar-refractivity contribution in [2.75, 3.05) is 19.8 Å². The summed E-state index contributed by atoms with van der Waals surface area (Å²) >= 11 is 0. The Kier molecular flexibility index (Phi) is 4.80. The maximum atomic E-state index is 11.7. The number of benzene rings is 1. The Morgan fingerprint density at radius 2 is 1.74 bits per heavy atom. The van der Waals surface area contributed by atoms with Crippen LogP contribution in [0.4, 0.5) is 0 Å². The Balaban J connectivity index is 1.81. The van der Waals surface area contributed by atoms with E-state index in [0.717, 1.165) is 12.8 Å². The Labute approximate surface area is 114 Å². The SMILES string of the molecule is Cc1cc(CCCOP2(=O)OCCO2)cc(C)c1C. The predicted octanol–water partition coefficient (Wildman–Crippen LogP) is 3.72. The lowest BCUT2D eigenvalue weighted by molar-refractivity contribution is 0.189. The van der Waals surface area contributed by atoms with Gasteiger partial charge in [-0.15, -0.1) is 0 Å². The molecule has 0 aromatic heterocycles. The maximum Gasteiger partial charge on any atom is 0.474 e. The highest BCUT2D eigenvalue weighted by atomic mass is 31.2. The number of phosphoric acid groups is 1. The average Bonchev–Trinajstić information content (AvgIpc) is 2.79. The third-order valence-corrected chi connectivity index (χ3v) is 4.92. The lowest BCUT2D eigenvalue weighted by Crippen LogP contribution is -1.98. The summed E-state index contributed by atoms with van der Waals surface area (Å²) in [4.78, 5) is 0. The van der Waals surface area contributed by atoms with Gasteiger partial charge in [0.05, 0.1) is 19.8 Å². The second kappa shape index (κ2) is 6.19. The topological polar surface area (TPSA) is 44.8 Å². The van der Waals surface area contributed by atoms with Gasteiger partial charge in [0, 0.05) is 0 Å². The molecule has 0 unspecified atom stereocenters. The van der Waals surface area contributed by atoms with Crippen molar-refractivity contribution in [3.8, 4) is 0 Å². The molecule has 0 bridgehead atoms. The standard InChI is InChI=1S/C14H21O4P/c1-11-9-14(10-12(2)13(11)3)5-4-6-16-19(15)17-7-8-18-19/h9-10H,4-8H2,1-3H3. The molecule has 0 atom stereocenters. The smallest absolute Gasteiger partial charge is 0.287 e. The number of hydrogen-bond acceptors (Lipinski definition) is 4. The van der Waals surface area contributed by atoms with Crippen LogP contribution in [0.5, 0.6) is 0 Å². The van der Waals surface area contributed by atoms with Crippen molar-refractivity contribution < 1.29 is 18.1 Å². The van der Waals surface area contributed by atoms with Gasteiger partial charge in [0.25, 0.3) is 0 Å². The van der Waals surface area contributed by atoms with E-state index in [2.05, 4.69) is 32.9 Å². The van der Waals surface area contributed by atoms with Crippen LogP contribution in [0.3, 0.4) is 0 Å². The Hall–Kier alpha value is -0.670. The third kappa shape index (κ3) is 3.90. The van der Waals surface area contributed by atoms with Crippen LogP contribution in [0.15, 0.2) is 12.1 Å². The number of phosphoric ester groups is 1. The third-order valence-electron chi connectivity index (χ3n) is 3.43. The second-order valence-corrected chi connectivity index (χ2v) is 6.57. The quantitative estimate of drug-likeness (QED) is 0.610. The molecular formula is C14H21O4P. The van der Waals surface area contributed by atoms with Crippen LogP contribution in [-0.2, 0) is 24.6 Å². The molecule has 1 aliphatic heterocycles. The van der Waals surface area contributed by atoms with Crippen molar-refractivity contribution in [2.45, 2.75) is 33.6 Å². The number of hydrogen-bond donors (Lipinski definition) is 0. The molecule has 2 rings (SSSR count). The van der Waals surface area contributed by atoms with Crippen LogP contribution in [-0.4, -0.2) is 19.8 Å². The van der Waals surface area contributed by atoms with Crippen LogP contribution in [0.25, 0.3) is 0 Å². The lowest BCUT2D eigenvalue weighted by Gasteiger charge is -2.11. The van der Waals surface area contributed by atoms with Gasteiger partial charge in [-0.3, -0.25) is 13.6 Å². The zero-order valence-corrected chi connectivity index (χ0v) is 12.7. The molecule has 106 valence electrons. The van der Waals surface area contributed by atoms with Gasteiger partial charge < -0.3 is 0 Å². The van der Waals surface area contributed by atoms with Gasteiger partial charge >= 0.3 is 7.82 Å². The summed E-state index contributed by atoms with van der Waals surface area (Å²) in [6.45, 7) is 7.49. The van der Waals surface area contributed by atoms with Crippen molar-refractivity contribution in [2.24, 2.45) is 0 Å². The molecule has 0 spiro atoms. The van der Waals surface area contributed by atoms with Gasteiger partial charge in [-0.25, -0.2) is 4.57 Å². The van der Waals surface area contributed by atoms with Crippen LogP contribution in [0.2, 0.25) is 0 Å². The fourth-order valence-electron chi connectivity index (χ4n) is 2.13. The largest absolute Gasteiger partial charge is 0.474 e. The zero-order valence-electron chi connectivity index (χ0n) is 11.8. The van der Waals surface area contributed by atoms with Gasteiger partial charge in [0.15, 0.2) is 0 Å². The van der Waals surface area contributed by atoms with E-state index in [1.54, 1.807) is 0 Å². The van der Waals surface area contributed by atoms with Crippen molar-refractivity contribution in [1.82, 2.24) is 0 Å². The van der Waals surface area contributed by atoms with Crippen LogP contribution < -0.4 is 0 Å². The minimum absolute atomic E-state index is 0.355. The van der Waals surface area contributed by atoms with Crippen molar-refractivity contribution >= 4 is 7.82 Å². The minimum Gasteiger partial charge on any atom is -0.287 e. The van der Waals surface area contributed by atoms with Crippen molar-refractivity contribution in [3.05, 3.63) is 34.4 Å². The monoisotopic (exact) mass is 284 g/mol. The molecule has 1 aliphatic rings. The first kappa shape index (κ1) is 14.7. The summed E-state index contributed by atoms with van der Waals surface area (Å²) in [5, 5.41) is 0. The van der Waals surface area contributed by atoms with E-state index in [-0.39, 0.29) is 0 Å². The summed E-state index contributed by atoms with van der Waals surface area (Å²) in [5.74, 6) is 0. The van der Waals surface area contributed by atoms with Crippen molar-refractivity contribution in [3.63, 3.8) is 0 Å². The van der Waals surface area contributed by atoms with Gasteiger partial charge in [-0.05, 0) is 55.9 Å². The molecule has 1 fully saturated rings. The highest BCUT2D eigenvalue weighted by molar-refractivity contribution is 7.48. The Morgan fingerprint density at radius 3 is 2.32 bits per heavy atom.